The van der Waals surface area contributed by atoms with Gasteiger partial charge in [0.25, 0.3) is 0 Å². The van der Waals surface area contributed by atoms with Crippen LogP contribution in [0.4, 0.5) is 0 Å². The molecule has 0 aliphatic carbocycles. The molecule has 4 heteroatoms. The van der Waals surface area contributed by atoms with E-state index in [9.17, 15) is 0 Å². The molecule has 0 fully saturated rings. The van der Waals surface area contributed by atoms with Crippen molar-refractivity contribution < 1.29 is 0 Å². The van der Waals surface area contributed by atoms with E-state index in [1.165, 1.54) is 0 Å². The Labute approximate surface area is 162 Å². The Morgan fingerprint density at radius 2 is 1.25 bits per heavy atom. The van der Waals surface area contributed by atoms with Crippen LogP contribution in [0.3, 0.4) is 0 Å². The van der Waals surface area contributed by atoms with Gasteiger partial charge in [-0.1, -0.05) is 11.8 Å². The molecular weight excluding hydrogens is 344 g/mol. The van der Waals surface area contributed by atoms with E-state index < -0.39 is 0 Å². The number of aromatic amines is 2. The Morgan fingerprint density at radius 3 is 1.93 bits per heavy atom. The van der Waals surface area contributed by atoms with Crippen LogP contribution < -0.4 is 0 Å². The Morgan fingerprint density at radius 1 is 0.679 bits per heavy atom. The lowest BCUT2D eigenvalue weighted by molar-refractivity contribution is 1.03. The van der Waals surface area contributed by atoms with Gasteiger partial charge in [0.1, 0.15) is 0 Å². The molecule has 132 valence electrons. The minimum atomic E-state index is 0.811. The maximum Gasteiger partial charge on any atom is 0.0658 e. The Bertz CT molecular complexity index is 1380. The second-order valence-corrected chi connectivity index (χ2v) is 6.86. The molecule has 0 radical (unpaired) electrons. The molecule has 3 aromatic rings. The largest absolute Gasteiger partial charge is 0.354 e. The van der Waals surface area contributed by atoms with Crippen LogP contribution in [0.1, 0.15) is 33.9 Å². The normalized spacial score (nSPS) is 12.5. The maximum absolute atomic E-state index is 5.70. The van der Waals surface area contributed by atoms with E-state index >= 15 is 0 Å². The fraction of sp³-hybridized carbons (Fsp3) is 0.0833. The standard InChI is InChI=1S/C24H16N4/c1-3-15-9-21-11-17-6-8-20(26-17)14-24-16(4-2)10-22(28-24)12-18-5-7-19(25-18)13-23(15)27-21/h1-2,5,7,9-14,27-28H,6,8H2. The van der Waals surface area contributed by atoms with Crippen molar-refractivity contribution in [3.8, 4) is 24.7 Å². The third kappa shape index (κ3) is 2.88. The average molecular weight is 360 g/mol. The number of nitrogens with one attached hydrogen (secondary N) is 2. The second-order valence-electron chi connectivity index (χ2n) is 6.86. The molecule has 0 atom stereocenters. The molecule has 2 N–H and O–H groups in total. The summed E-state index contributed by atoms with van der Waals surface area (Å²) in [6.45, 7) is 0. The first kappa shape index (κ1) is 16.2. The van der Waals surface area contributed by atoms with Crippen molar-refractivity contribution in [2.75, 3.05) is 0 Å². The molecule has 0 spiro atoms. The highest BCUT2D eigenvalue weighted by atomic mass is 14.8. The van der Waals surface area contributed by atoms with Crippen molar-refractivity contribution in [3.63, 3.8) is 0 Å². The summed E-state index contributed by atoms with van der Waals surface area (Å²) < 4.78 is 0. The average Bonchev–Trinajstić information content (AvgIpc) is 3.45. The Kier molecular flexibility index (Phi) is 3.64. The van der Waals surface area contributed by atoms with Gasteiger partial charge in [-0.2, -0.15) is 0 Å². The number of rotatable bonds is 0. The number of hydrogen-bond acceptors (Lipinski definition) is 2. The molecule has 5 heterocycles. The van der Waals surface area contributed by atoms with E-state index in [1.807, 2.05) is 48.6 Å². The van der Waals surface area contributed by atoms with Crippen LogP contribution in [0.2, 0.25) is 0 Å². The van der Waals surface area contributed by atoms with Crippen LogP contribution >= 0.6 is 0 Å². The minimum Gasteiger partial charge on any atom is -0.354 e. The molecule has 0 unspecified atom stereocenters. The zero-order chi connectivity index (χ0) is 19.1. The zero-order valence-corrected chi connectivity index (χ0v) is 15.1. The van der Waals surface area contributed by atoms with E-state index in [2.05, 4.69) is 26.8 Å². The number of hydrogen-bond donors (Lipinski definition) is 2. The summed E-state index contributed by atoms with van der Waals surface area (Å²) in [4.78, 5) is 16.2. The van der Waals surface area contributed by atoms with E-state index in [-0.39, 0.29) is 0 Å². The van der Waals surface area contributed by atoms with Crippen LogP contribution in [-0.4, -0.2) is 19.9 Å². The predicted molar refractivity (Wildman–Crippen MR) is 113 cm³/mol. The topological polar surface area (TPSA) is 57.4 Å². The van der Waals surface area contributed by atoms with Gasteiger partial charge >= 0.3 is 0 Å². The molecule has 3 aromatic heterocycles. The van der Waals surface area contributed by atoms with Crippen LogP contribution in [0, 0.1) is 24.7 Å². The summed E-state index contributed by atoms with van der Waals surface area (Å²) in [5.41, 5.74) is 8.97. The Balaban J connectivity index is 1.88. The van der Waals surface area contributed by atoms with Gasteiger partial charge in [0, 0.05) is 33.5 Å². The highest BCUT2D eigenvalue weighted by Crippen LogP contribution is 2.20. The molecule has 0 aromatic carbocycles. The van der Waals surface area contributed by atoms with Crippen LogP contribution in [0.25, 0.3) is 34.2 Å². The number of fused-ring (bicyclic) bond motifs is 8. The predicted octanol–water partition coefficient (Wildman–Crippen LogP) is 4.23. The molecule has 0 amide bonds. The van der Waals surface area contributed by atoms with Gasteiger partial charge < -0.3 is 9.97 Å². The summed E-state index contributed by atoms with van der Waals surface area (Å²) in [7, 11) is 0. The smallest absolute Gasteiger partial charge is 0.0658 e. The lowest BCUT2D eigenvalue weighted by atomic mass is 10.2. The molecule has 2 aliphatic heterocycles. The second kappa shape index (κ2) is 6.30. The monoisotopic (exact) mass is 360 g/mol. The number of aromatic nitrogens is 4. The lowest BCUT2D eigenvalue weighted by Gasteiger charge is -1.87. The fourth-order valence-electron chi connectivity index (χ4n) is 3.58. The molecule has 5 rings (SSSR count). The third-order valence-electron chi connectivity index (χ3n) is 4.89. The van der Waals surface area contributed by atoms with Gasteiger partial charge in [0.15, 0.2) is 0 Å². The quantitative estimate of drug-likeness (QED) is 0.461. The number of aryl methyl sites for hydroxylation is 2. The SMILES string of the molecule is C#Cc1cc2cc3nc(cc4[nH]c(cc5nc(cc1[nH]2)C=C5)cc4C#C)CC3. The van der Waals surface area contributed by atoms with Crippen LogP contribution in [-0.2, 0) is 12.8 Å². The molecule has 0 saturated heterocycles. The molecule has 2 aliphatic rings. The van der Waals surface area contributed by atoms with Gasteiger partial charge in [-0.25, -0.2) is 4.98 Å². The Hall–Kier alpha value is -4.02. The summed E-state index contributed by atoms with van der Waals surface area (Å²) in [6, 6.07) is 11.9. The van der Waals surface area contributed by atoms with Crippen molar-refractivity contribution in [1.82, 2.24) is 19.9 Å². The van der Waals surface area contributed by atoms with Crippen LogP contribution in [0.15, 0.2) is 36.4 Å². The summed E-state index contributed by atoms with van der Waals surface area (Å²) in [5, 5.41) is 0. The molecule has 0 saturated carbocycles. The van der Waals surface area contributed by atoms with Crippen LogP contribution in [0.5, 0.6) is 0 Å². The highest BCUT2D eigenvalue weighted by Gasteiger charge is 2.08. The highest BCUT2D eigenvalue weighted by molar-refractivity contribution is 5.78. The molecule has 28 heavy (non-hydrogen) atoms. The summed E-state index contributed by atoms with van der Waals surface area (Å²) >= 11 is 0. The van der Waals surface area contributed by atoms with Gasteiger partial charge in [-0.05, 0) is 61.4 Å². The van der Waals surface area contributed by atoms with Crippen molar-refractivity contribution in [3.05, 3.63) is 70.3 Å². The first-order valence-corrected chi connectivity index (χ1v) is 9.05. The third-order valence-corrected chi connectivity index (χ3v) is 4.89. The van der Waals surface area contributed by atoms with Gasteiger partial charge in [-0.15, -0.1) is 12.8 Å². The molecule has 4 nitrogen and oxygen atoms in total. The van der Waals surface area contributed by atoms with E-state index in [1.54, 1.807) is 0 Å². The van der Waals surface area contributed by atoms with Crippen molar-refractivity contribution >= 4 is 34.2 Å². The number of terminal acetylenes is 2. The first-order valence-electron chi connectivity index (χ1n) is 9.05. The molecule has 8 bridgehead atoms. The van der Waals surface area contributed by atoms with Gasteiger partial charge in [0.2, 0.25) is 0 Å². The van der Waals surface area contributed by atoms with Crippen molar-refractivity contribution in [2.24, 2.45) is 0 Å². The van der Waals surface area contributed by atoms with E-state index in [4.69, 9.17) is 17.8 Å². The first-order chi connectivity index (χ1) is 13.7. The minimum absolute atomic E-state index is 0.811. The number of H-pyrrole nitrogens is 2. The van der Waals surface area contributed by atoms with E-state index in [0.717, 1.165) is 68.8 Å². The number of nitrogens with zero attached hydrogens (tertiary/aromatic N) is 2. The van der Waals surface area contributed by atoms with Crippen molar-refractivity contribution in [1.29, 1.82) is 0 Å². The van der Waals surface area contributed by atoms with Gasteiger partial charge in [-0.3, -0.25) is 4.98 Å². The summed E-state index contributed by atoms with van der Waals surface area (Å²) in [5.74, 6) is 5.49. The van der Waals surface area contributed by atoms with Gasteiger partial charge in [0.05, 0.1) is 22.4 Å². The zero-order valence-electron chi connectivity index (χ0n) is 15.1. The fourth-order valence-corrected chi connectivity index (χ4v) is 3.58. The molecular formula is C24H16N4. The maximum atomic E-state index is 5.70. The van der Waals surface area contributed by atoms with E-state index in [0.29, 0.717) is 0 Å². The lowest BCUT2D eigenvalue weighted by Crippen LogP contribution is -1.78. The summed E-state index contributed by atoms with van der Waals surface area (Å²) in [6.07, 6.45) is 17.1. The van der Waals surface area contributed by atoms with Crippen molar-refractivity contribution in [2.45, 2.75) is 12.8 Å².